The lowest BCUT2D eigenvalue weighted by Gasteiger charge is -2.37. The van der Waals surface area contributed by atoms with Gasteiger partial charge in [0.05, 0.1) is 43.1 Å². The topological polar surface area (TPSA) is 77.4 Å². The molecule has 0 radical (unpaired) electrons. The van der Waals surface area contributed by atoms with Crippen molar-refractivity contribution in [3.8, 4) is 17.3 Å². The number of nitrogens with zero attached hydrogens (tertiary/aromatic N) is 4. The first-order valence-corrected chi connectivity index (χ1v) is 7.83. The Morgan fingerprint density at radius 2 is 1.92 bits per heavy atom. The van der Waals surface area contributed by atoms with Gasteiger partial charge in [-0.15, -0.1) is 0 Å². The molecule has 126 valence electrons. The molecule has 3 heterocycles. The molecule has 0 bridgehead atoms. The Bertz CT molecular complexity index is 728. The number of morpholine rings is 1. The quantitative estimate of drug-likeness (QED) is 0.794. The van der Waals surface area contributed by atoms with Crippen LogP contribution in [-0.2, 0) is 4.74 Å². The monoisotopic (exact) mass is 328 g/mol. The average Bonchev–Trinajstić information content (AvgIpc) is 2.60. The first kappa shape index (κ1) is 16.3. The SMILES string of the molecule is COc1cncc(-c2ccc(N3CC(C)OC(C)C3)c(C=O)n2)n1. The Morgan fingerprint density at radius 3 is 2.58 bits per heavy atom. The molecule has 7 nitrogen and oxygen atoms in total. The van der Waals surface area contributed by atoms with Gasteiger partial charge in [-0.2, -0.15) is 0 Å². The lowest BCUT2D eigenvalue weighted by molar-refractivity contribution is -0.00527. The molecule has 0 aliphatic carbocycles. The maximum atomic E-state index is 11.6. The van der Waals surface area contributed by atoms with Crippen LogP contribution in [0.4, 0.5) is 5.69 Å². The second-order valence-electron chi connectivity index (χ2n) is 5.83. The molecule has 0 spiro atoms. The Balaban J connectivity index is 1.94. The fourth-order valence-corrected chi connectivity index (χ4v) is 2.91. The number of anilines is 1. The van der Waals surface area contributed by atoms with E-state index in [9.17, 15) is 4.79 Å². The summed E-state index contributed by atoms with van der Waals surface area (Å²) in [6.07, 6.45) is 4.11. The summed E-state index contributed by atoms with van der Waals surface area (Å²) in [7, 11) is 1.53. The lowest BCUT2D eigenvalue weighted by Crippen LogP contribution is -2.45. The van der Waals surface area contributed by atoms with Crippen molar-refractivity contribution in [2.24, 2.45) is 0 Å². The van der Waals surface area contributed by atoms with Crippen molar-refractivity contribution in [3.63, 3.8) is 0 Å². The van der Waals surface area contributed by atoms with Gasteiger partial charge in [-0.3, -0.25) is 9.78 Å². The maximum absolute atomic E-state index is 11.6. The maximum Gasteiger partial charge on any atom is 0.232 e. The van der Waals surface area contributed by atoms with E-state index in [0.29, 0.717) is 23.0 Å². The summed E-state index contributed by atoms with van der Waals surface area (Å²) in [6, 6.07) is 3.74. The van der Waals surface area contributed by atoms with E-state index >= 15 is 0 Å². The summed E-state index contributed by atoms with van der Waals surface area (Å²) in [6.45, 7) is 5.50. The summed E-state index contributed by atoms with van der Waals surface area (Å²) in [5.41, 5.74) is 2.35. The van der Waals surface area contributed by atoms with Crippen LogP contribution in [-0.4, -0.2) is 53.6 Å². The van der Waals surface area contributed by atoms with E-state index in [1.54, 1.807) is 6.20 Å². The molecule has 24 heavy (non-hydrogen) atoms. The van der Waals surface area contributed by atoms with Crippen molar-refractivity contribution < 1.29 is 14.3 Å². The Hall–Kier alpha value is -2.54. The molecule has 2 unspecified atom stereocenters. The first-order chi connectivity index (χ1) is 11.6. The minimum absolute atomic E-state index is 0.108. The van der Waals surface area contributed by atoms with Gasteiger partial charge in [0, 0.05) is 13.1 Å². The van der Waals surface area contributed by atoms with Gasteiger partial charge in [-0.1, -0.05) is 0 Å². The summed E-state index contributed by atoms with van der Waals surface area (Å²) < 4.78 is 10.8. The van der Waals surface area contributed by atoms with E-state index in [0.717, 1.165) is 25.1 Å². The molecule has 0 amide bonds. The molecule has 0 N–H and O–H groups in total. The van der Waals surface area contributed by atoms with Crippen LogP contribution in [0.5, 0.6) is 5.88 Å². The summed E-state index contributed by atoms with van der Waals surface area (Å²) in [5.74, 6) is 0.404. The van der Waals surface area contributed by atoms with E-state index in [-0.39, 0.29) is 12.2 Å². The summed E-state index contributed by atoms with van der Waals surface area (Å²) in [4.78, 5) is 26.5. The molecule has 2 aromatic rings. The predicted octanol–water partition coefficient (Wildman–Crippen LogP) is 1.97. The second kappa shape index (κ2) is 6.92. The van der Waals surface area contributed by atoms with E-state index in [4.69, 9.17) is 9.47 Å². The van der Waals surface area contributed by atoms with E-state index in [1.807, 2.05) is 26.0 Å². The molecule has 1 fully saturated rings. The molecule has 2 aromatic heterocycles. The number of aldehydes is 1. The number of carbonyl (C=O) groups is 1. The molecule has 1 aliphatic heterocycles. The molecular weight excluding hydrogens is 308 g/mol. The molecule has 3 rings (SSSR count). The van der Waals surface area contributed by atoms with Gasteiger partial charge in [0.1, 0.15) is 11.4 Å². The van der Waals surface area contributed by atoms with Crippen LogP contribution in [0, 0.1) is 0 Å². The number of rotatable bonds is 4. The zero-order valence-corrected chi connectivity index (χ0v) is 14.0. The first-order valence-electron chi connectivity index (χ1n) is 7.83. The highest BCUT2D eigenvalue weighted by Crippen LogP contribution is 2.26. The van der Waals surface area contributed by atoms with Crippen molar-refractivity contribution in [2.75, 3.05) is 25.1 Å². The fourth-order valence-electron chi connectivity index (χ4n) is 2.91. The Kier molecular flexibility index (Phi) is 4.71. The highest BCUT2D eigenvalue weighted by molar-refractivity contribution is 5.83. The highest BCUT2D eigenvalue weighted by Gasteiger charge is 2.24. The van der Waals surface area contributed by atoms with Gasteiger partial charge in [-0.05, 0) is 26.0 Å². The Morgan fingerprint density at radius 1 is 1.17 bits per heavy atom. The third-order valence-corrected chi connectivity index (χ3v) is 3.86. The van der Waals surface area contributed by atoms with Gasteiger partial charge in [0.2, 0.25) is 5.88 Å². The van der Waals surface area contributed by atoms with Crippen molar-refractivity contribution in [3.05, 3.63) is 30.2 Å². The van der Waals surface area contributed by atoms with Crippen molar-refractivity contribution >= 4 is 12.0 Å². The number of methoxy groups -OCH3 is 1. The molecule has 7 heteroatoms. The van der Waals surface area contributed by atoms with Crippen molar-refractivity contribution in [2.45, 2.75) is 26.1 Å². The van der Waals surface area contributed by atoms with Gasteiger partial charge < -0.3 is 14.4 Å². The van der Waals surface area contributed by atoms with Gasteiger partial charge >= 0.3 is 0 Å². The zero-order chi connectivity index (χ0) is 17.1. The largest absolute Gasteiger partial charge is 0.480 e. The number of carbonyl (C=O) groups excluding carboxylic acids is 1. The van der Waals surface area contributed by atoms with Crippen LogP contribution in [0.3, 0.4) is 0 Å². The molecule has 1 saturated heterocycles. The van der Waals surface area contributed by atoms with Crippen LogP contribution >= 0.6 is 0 Å². The van der Waals surface area contributed by atoms with Crippen LogP contribution in [0.25, 0.3) is 11.4 Å². The van der Waals surface area contributed by atoms with Crippen LogP contribution in [0.2, 0.25) is 0 Å². The second-order valence-corrected chi connectivity index (χ2v) is 5.83. The van der Waals surface area contributed by atoms with Gasteiger partial charge in [0.25, 0.3) is 0 Å². The summed E-state index contributed by atoms with van der Waals surface area (Å²) in [5, 5.41) is 0. The lowest BCUT2D eigenvalue weighted by atomic mass is 10.1. The number of pyridine rings is 1. The van der Waals surface area contributed by atoms with E-state index < -0.39 is 0 Å². The number of hydrogen-bond acceptors (Lipinski definition) is 7. The predicted molar refractivity (Wildman–Crippen MR) is 89.4 cm³/mol. The Labute approximate surface area is 140 Å². The normalized spacial score (nSPS) is 20.7. The van der Waals surface area contributed by atoms with Crippen molar-refractivity contribution in [1.29, 1.82) is 0 Å². The molecule has 0 saturated carbocycles. The van der Waals surface area contributed by atoms with Crippen LogP contribution in [0.1, 0.15) is 24.3 Å². The number of aromatic nitrogens is 3. The molecular formula is C17H20N4O3. The summed E-state index contributed by atoms with van der Waals surface area (Å²) >= 11 is 0. The van der Waals surface area contributed by atoms with Gasteiger partial charge in [0.15, 0.2) is 6.29 Å². The number of ether oxygens (including phenoxy) is 2. The smallest absolute Gasteiger partial charge is 0.232 e. The third-order valence-electron chi connectivity index (χ3n) is 3.86. The van der Waals surface area contributed by atoms with E-state index in [1.165, 1.54) is 13.3 Å². The fraction of sp³-hybridized carbons (Fsp3) is 0.412. The van der Waals surface area contributed by atoms with Gasteiger partial charge in [-0.25, -0.2) is 9.97 Å². The third kappa shape index (κ3) is 3.35. The highest BCUT2D eigenvalue weighted by atomic mass is 16.5. The molecule has 2 atom stereocenters. The zero-order valence-electron chi connectivity index (χ0n) is 14.0. The van der Waals surface area contributed by atoms with Crippen molar-refractivity contribution in [1.82, 2.24) is 15.0 Å². The average molecular weight is 328 g/mol. The molecule has 1 aliphatic rings. The van der Waals surface area contributed by atoms with E-state index in [2.05, 4.69) is 19.9 Å². The van der Waals surface area contributed by atoms with Crippen LogP contribution in [0.15, 0.2) is 24.5 Å². The minimum Gasteiger partial charge on any atom is -0.480 e. The minimum atomic E-state index is 0.108. The van der Waals surface area contributed by atoms with Crippen LogP contribution < -0.4 is 9.64 Å². The molecule has 0 aromatic carbocycles. The number of hydrogen-bond donors (Lipinski definition) is 0. The standard InChI is InChI=1S/C17H20N4O3/c1-11-8-21(9-12(2)24-11)16-5-4-13(19-15(16)10-22)14-6-18-7-17(20-14)23-3/h4-7,10-12H,8-9H2,1-3H3.